The van der Waals surface area contributed by atoms with E-state index < -0.39 is 10.1 Å². The predicted molar refractivity (Wildman–Crippen MR) is 67.4 cm³/mol. The van der Waals surface area contributed by atoms with Crippen LogP contribution in [0.15, 0.2) is 24.3 Å². The Bertz CT molecular complexity index is 464. The van der Waals surface area contributed by atoms with Gasteiger partial charge in [0.1, 0.15) is 12.0 Å². The van der Waals surface area contributed by atoms with Crippen LogP contribution >= 0.6 is 0 Å². The van der Waals surface area contributed by atoms with E-state index >= 15 is 0 Å². The van der Waals surface area contributed by atoms with Crippen LogP contribution < -0.4 is 4.74 Å². The monoisotopic (exact) mass is 272 g/mol. The van der Waals surface area contributed by atoms with Crippen molar-refractivity contribution < 1.29 is 22.1 Å². The molecule has 0 aliphatic carbocycles. The molecule has 0 aliphatic rings. The van der Waals surface area contributed by atoms with Crippen LogP contribution in [0.5, 0.6) is 5.75 Å². The number of aldehydes is 1. The fourth-order valence-corrected chi connectivity index (χ4v) is 1.67. The van der Waals surface area contributed by atoms with Crippen molar-refractivity contribution in [3.05, 3.63) is 29.8 Å². The molecule has 0 heterocycles. The lowest BCUT2D eigenvalue weighted by Crippen LogP contribution is -2.05. The summed E-state index contributed by atoms with van der Waals surface area (Å²) in [7, 11) is -3.35. The Balaban J connectivity index is 2.15. The van der Waals surface area contributed by atoms with Crippen LogP contribution in [0.2, 0.25) is 0 Å². The molecule has 6 heteroatoms. The zero-order valence-electron chi connectivity index (χ0n) is 10.2. The number of carbonyl (C=O) groups excluding carboxylic acids is 1. The first kappa shape index (κ1) is 14.7. The molecule has 18 heavy (non-hydrogen) atoms. The van der Waals surface area contributed by atoms with E-state index in [1.165, 1.54) is 0 Å². The summed E-state index contributed by atoms with van der Waals surface area (Å²) in [5.74, 6) is 0.685. The lowest BCUT2D eigenvalue weighted by atomic mass is 10.2. The summed E-state index contributed by atoms with van der Waals surface area (Å²) in [6, 6.07) is 6.79. The van der Waals surface area contributed by atoms with E-state index in [-0.39, 0.29) is 6.61 Å². The molecule has 0 bridgehead atoms. The molecule has 0 saturated heterocycles. The maximum Gasteiger partial charge on any atom is 0.264 e. The second kappa shape index (κ2) is 7.13. The summed E-state index contributed by atoms with van der Waals surface area (Å²) >= 11 is 0. The molecule has 0 fully saturated rings. The van der Waals surface area contributed by atoms with Crippen molar-refractivity contribution in [3.8, 4) is 5.75 Å². The number of hydrogen-bond acceptors (Lipinski definition) is 5. The molecule has 1 aromatic rings. The van der Waals surface area contributed by atoms with Gasteiger partial charge in [-0.25, -0.2) is 0 Å². The number of hydrogen-bond donors (Lipinski definition) is 0. The van der Waals surface area contributed by atoms with Crippen molar-refractivity contribution in [2.45, 2.75) is 12.8 Å². The lowest BCUT2D eigenvalue weighted by molar-refractivity contribution is 0.112. The first-order chi connectivity index (χ1) is 8.51. The smallest absolute Gasteiger partial charge is 0.264 e. The highest BCUT2D eigenvalue weighted by molar-refractivity contribution is 7.85. The van der Waals surface area contributed by atoms with E-state index in [2.05, 4.69) is 4.18 Å². The van der Waals surface area contributed by atoms with Gasteiger partial charge < -0.3 is 4.74 Å². The molecule has 0 atom stereocenters. The molecule has 0 saturated carbocycles. The number of unbranched alkanes of at least 4 members (excludes halogenated alkanes) is 1. The van der Waals surface area contributed by atoms with Crippen molar-refractivity contribution in [2.75, 3.05) is 19.5 Å². The van der Waals surface area contributed by atoms with Gasteiger partial charge in [0.2, 0.25) is 0 Å². The highest BCUT2D eigenvalue weighted by atomic mass is 32.2. The highest BCUT2D eigenvalue weighted by Crippen LogP contribution is 2.11. The average molecular weight is 272 g/mol. The Morgan fingerprint density at radius 1 is 1.11 bits per heavy atom. The van der Waals surface area contributed by atoms with Gasteiger partial charge in [0, 0.05) is 5.56 Å². The second-order valence-corrected chi connectivity index (χ2v) is 5.41. The Hall–Kier alpha value is -1.40. The fraction of sp³-hybridized carbons (Fsp3) is 0.417. The van der Waals surface area contributed by atoms with Gasteiger partial charge in [-0.2, -0.15) is 8.42 Å². The van der Waals surface area contributed by atoms with E-state index in [4.69, 9.17) is 4.74 Å². The minimum absolute atomic E-state index is 0.173. The van der Waals surface area contributed by atoms with Crippen molar-refractivity contribution in [1.82, 2.24) is 0 Å². The van der Waals surface area contributed by atoms with Gasteiger partial charge in [0.15, 0.2) is 0 Å². The molecule has 5 nitrogen and oxygen atoms in total. The molecule has 1 rings (SSSR count). The van der Waals surface area contributed by atoms with Crippen LogP contribution in [0, 0.1) is 0 Å². The molecule has 1 aromatic carbocycles. The molecule has 0 aromatic heterocycles. The second-order valence-electron chi connectivity index (χ2n) is 3.77. The van der Waals surface area contributed by atoms with Crippen LogP contribution in [0.4, 0.5) is 0 Å². The van der Waals surface area contributed by atoms with Gasteiger partial charge >= 0.3 is 0 Å². The molecule has 0 N–H and O–H groups in total. The summed E-state index contributed by atoms with van der Waals surface area (Å²) in [4.78, 5) is 10.4. The number of benzene rings is 1. The van der Waals surface area contributed by atoms with Gasteiger partial charge in [-0.3, -0.25) is 8.98 Å². The maximum atomic E-state index is 10.7. The molecule has 0 aliphatic heterocycles. The van der Waals surface area contributed by atoms with Gasteiger partial charge in [0.25, 0.3) is 10.1 Å². The van der Waals surface area contributed by atoms with Gasteiger partial charge in [-0.15, -0.1) is 0 Å². The third-order valence-corrected chi connectivity index (χ3v) is 2.72. The summed E-state index contributed by atoms with van der Waals surface area (Å²) in [6.07, 6.45) is 3.11. The van der Waals surface area contributed by atoms with Crippen molar-refractivity contribution in [3.63, 3.8) is 0 Å². The minimum atomic E-state index is -3.35. The molecule has 0 spiro atoms. The van der Waals surface area contributed by atoms with Crippen LogP contribution in [0.25, 0.3) is 0 Å². The van der Waals surface area contributed by atoms with E-state index in [1.807, 2.05) is 0 Å². The minimum Gasteiger partial charge on any atom is -0.494 e. The largest absolute Gasteiger partial charge is 0.494 e. The summed E-state index contributed by atoms with van der Waals surface area (Å²) in [6.45, 7) is 0.653. The van der Waals surface area contributed by atoms with E-state index in [0.717, 1.165) is 12.5 Å². The quantitative estimate of drug-likeness (QED) is 0.409. The van der Waals surface area contributed by atoms with E-state index in [9.17, 15) is 13.2 Å². The van der Waals surface area contributed by atoms with E-state index in [1.54, 1.807) is 24.3 Å². The number of carbonyl (C=O) groups is 1. The average Bonchev–Trinajstić information content (AvgIpc) is 2.33. The predicted octanol–water partition coefficient (Wildman–Crippen LogP) is 1.63. The normalized spacial score (nSPS) is 11.2. The zero-order valence-corrected chi connectivity index (χ0v) is 11.0. The molecular formula is C12H16O5S. The topological polar surface area (TPSA) is 69.7 Å². The first-order valence-corrected chi connectivity index (χ1v) is 7.35. The van der Waals surface area contributed by atoms with Crippen LogP contribution in [-0.2, 0) is 14.3 Å². The molecule has 0 radical (unpaired) electrons. The highest BCUT2D eigenvalue weighted by Gasteiger charge is 2.00. The third kappa shape index (κ3) is 6.36. The van der Waals surface area contributed by atoms with Crippen molar-refractivity contribution in [1.29, 1.82) is 0 Å². The number of ether oxygens (including phenoxy) is 1. The van der Waals surface area contributed by atoms with E-state index in [0.29, 0.717) is 30.8 Å². The Kier molecular flexibility index (Phi) is 5.80. The van der Waals surface area contributed by atoms with Crippen molar-refractivity contribution >= 4 is 16.4 Å². The lowest BCUT2D eigenvalue weighted by Gasteiger charge is -2.06. The van der Waals surface area contributed by atoms with Crippen molar-refractivity contribution in [2.24, 2.45) is 0 Å². The maximum absolute atomic E-state index is 10.7. The molecular weight excluding hydrogens is 256 g/mol. The molecule has 100 valence electrons. The Morgan fingerprint density at radius 3 is 2.28 bits per heavy atom. The standard InChI is InChI=1S/C12H16O5S/c1-18(14,15)17-9-3-2-8-16-12-6-4-11(10-13)5-7-12/h4-7,10H,2-3,8-9H2,1H3. The molecule has 0 unspecified atom stereocenters. The zero-order chi connectivity index (χ0) is 13.4. The molecule has 0 amide bonds. The SMILES string of the molecule is CS(=O)(=O)OCCCCOc1ccc(C=O)cc1. The summed E-state index contributed by atoms with van der Waals surface area (Å²) < 4.78 is 31.3. The summed E-state index contributed by atoms with van der Waals surface area (Å²) in [5, 5.41) is 0. The van der Waals surface area contributed by atoms with Gasteiger partial charge in [-0.05, 0) is 37.1 Å². The number of rotatable bonds is 8. The van der Waals surface area contributed by atoms with Crippen LogP contribution in [0.3, 0.4) is 0 Å². The third-order valence-electron chi connectivity index (χ3n) is 2.12. The summed E-state index contributed by atoms with van der Waals surface area (Å²) in [5.41, 5.74) is 0.601. The van der Waals surface area contributed by atoms with Crippen LogP contribution in [-0.4, -0.2) is 34.2 Å². The first-order valence-electron chi connectivity index (χ1n) is 5.54. The van der Waals surface area contributed by atoms with Gasteiger partial charge in [0.05, 0.1) is 19.5 Å². The Morgan fingerprint density at radius 2 is 1.72 bits per heavy atom. The fourth-order valence-electron chi connectivity index (χ4n) is 1.25. The van der Waals surface area contributed by atoms with Crippen LogP contribution in [0.1, 0.15) is 23.2 Å². The Labute approximate surface area is 107 Å². The van der Waals surface area contributed by atoms with Gasteiger partial charge in [-0.1, -0.05) is 0 Å².